The Bertz CT molecular complexity index is 701. The maximum atomic E-state index is 12.5. The summed E-state index contributed by atoms with van der Waals surface area (Å²) < 4.78 is 27.5. The molecule has 1 aromatic carbocycles. The number of rotatable bonds is 3. The molecule has 6 heteroatoms. The average Bonchev–Trinajstić information content (AvgIpc) is 2.47. The van der Waals surface area contributed by atoms with Gasteiger partial charge in [-0.15, -0.1) is 0 Å². The second kappa shape index (κ2) is 5.20. The third kappa shape index (κ3) is 2.51. The third-order valence-corrected chi connectivity index (χ3v) is 5.19. The lowest BCUT2D eigenvalue weighted by Gasteiger charge is -2.25. The van der Waals surface area contributed by atoms with Gasteiger partial charge in [-0.1, -0.05) is 24.3 Å². The Kier molecular flexibility index (Phi) is 3.40. The lowest BCUT2D eigenvalue weighted by Crippen LogP contribution is -2.25. The van der Waals surface area contributed by atoms with E-state index in [-0.39, 0.29) is 5.95 Å². The number of nitrogens with one attached hydrogen (secondary N) is 1. The summed E-state index contributed by atoms with van der Waals surface area (Å²) in [5.41, 5.74) is 2.00. The summed E-state index contributed by atoms with van der Waals surface area (Å²) in [6, 6.07) is 9.36. The van der Waals surface area contributed by atoms with Crippen LogP contribution in [-0.4, -0.2) is 18.4 Å². The Balaban J connectivity index is 1.93. The van der Waals surface area contributed by atoms with E-state index in [1.54, 1.807) is 6.07 Å². The van der Waals surface area contributed by atoms with Crippen molar-refractivity contribution < 1.29 is 8.42 Å². The molecule has 1 atom stereocenters. The summed E-state index contributed by atoms with van der Waals surface area (Å²) in [6.45, 7) is 0. The van der Waals surface area contributed by atoms with Gasteiger partial charge in [-0.05, 0) is 36.5 Å². The van der Waals surface area contributed by atoms with Gasteiger partial charge in [0.1, 0.15) is 5.25 Å². The van der Waals surface area contributed by atoms with E-state index in [0.29, 0.717) is 6.42 Å². The van der Waals surface area contributed by atoms with Gasteiger partial charge in [0.2, 0.25) is 16.0 Å². The van der Waals surface area contributed by atoms with Crippen LogP contribution < -0.4 is 4.72 Å². The topological polar surface area (TPSA) is 72.0 Å². The average molecular weight is 289 g/mol. The van der Waals surface area contributed by atoms with Crippen molar-refractivity contribution in [3.8, 4) is 0 Å². The monoisotopic (exact) mass is 289 g/mol. The minimum atomic E-state index is -3.52. The first kappa shape index (κ1) is 13.1. The first-order valence-electron chi connectivity index (χ1n) is 6.53. The maximum absolute atomic E-state index is 12.5. The molecule has 0 saturated heterocycles. The van der Waals surface area contributed by atoms with Crippen molar-refractivity contribution >= 4 is 16.0 Å². The second-order valence-corrected chi connectivity index (χ2v) is 6.66. The quantitative estimate of drug-likeness (QED) is 0.941. The summed E-state index contributed by atoms with van der Waals surface area (Å²) in [6.07, 6.45) is 5.46. The third-order valence-electron chi connectivity index (χ3n) is 3.49. The lowest BCUT2D eigenvalue weighted by molar-refractivity contribution is 0.565. The van der Waals surface area contributed by atoms with E-state index in [1.807, 2.05) is 24.3 Å². The highest BCUT2D eigenvalue weighted by Crippen LogP contribution is 2.35. The lowest BCUT2D eigenvalue weighted by atomic mass is 9.91. The summed E-state index contributed by atoms with van der Waals surface area (Å²) >= 11 is 0. The molecule has 1 heterocycles. The molecule has 0 fully saturated rings. The van der Waals surface area contributed by atoms with Crippen molar-refractivity contribution in [3.63, 3.8) is 0 Å². The van der Waals surface area contributed by atoms with Crippen LogP contribution in [0, 0.1) is 0 Å². The molecule has 1 unspecified atom stereocenters. The second-order valence-electron chi connectivity index (χ2n) is 4.80. The van der Waals surface area contributed by atoms with E-state index in [2.05, 4.69) is 14.7 Å². The van der Waals surface area contributed by atoms with Crippen LogP contribution in [0.5, 0.6) is 0 Å². The van der Waals surface area contributed by atoms with Crippen LogP contribution in [0.15, 0.2) is 42.7 Å². The zero-order valence-corrected chi connectivity index (χ0v) is 11.7. The molecule has 1 aromatic heterocycles. The molecule has 1 aliphatic rings. The number of anilines is 1. The van der Waals surface area contributed by atoms with E-state index < -0.39 is 15.3 Å². The minimum absolute atomic E-state index is 0.121. The molecule has 1 N–H and O–H groups in total. The highest BCUT2D eigenvalue weighted by atomic mass is 32.2. The standard InChI is InChI=1S/C14H15N3O2S/c18-20(19,17-14-15-9-4-10-16-14)13-8-3-6-11-5-1-2-7-12(11)13/h1-2,4-5,7,9-10,13H,3,6,8H2,(H,15,16,17). The van der Waals surface area contributed by atoms with Crippen LogP contribution >= 0.6 is 0 Å². The first-order valence-corrected chi connectivity index (χ1v) is 8.08. The number of fused-ring (bicyclic) bond motifs is 1. The SMILES string of the molecule is O=S(=O)(Nc1ncccn1)C1CCCc2ccccc21. The van der Waals surface area contributed by atoms with E-state index in [1.165, 1.54) is 12.4 Å². The molecule has 5 nitrogen and oxygen atoms in total. The van der Waals surface area contributed by atoms with Crippen molar-refractivity contribution in [1.29, 1.82) is 0 Å². The number of sulfonamides is 1. The van der Waals surface area contributed by atoms with Crippen LogP contribution in [0.1, 0.15) is 29.2 Å². The van der Waals surface area contributed by atoms with Crippen LogP contribution in [0.2, 0.25) is 0 Å². The molecule has 3 rings (SSSR count). The fourth-order valence-corrected chi connectivity index (χ4v) is 4.13. The van der Waals surface area contributed by atoms with Gasteiger partial charge in [0, 0.05) is 12.4 Å². The highest BCUT2D eigenvalue weighted by molar-refractivity contribution is 7.92. The largest absolute Gasteiger partial charge is 0.251 e. The molecule has 0 saturated carbocycles. The molecular formula is C14H15N3O2S. The Morgan fingerprint density at radius 1 is 1.10 bits per heavy atom. The van der Waals surface area contributed by atoms with Gasteiger partial charge in [-0.2, -0.15) is 0 Å². The Hall–Kier alpha value is -1.95. The predicted octanol–water partition coefficient (Wildman–Crippen LogP) is 2.30. The van der Waals surface area contributed by atoms with Gasteiger partial charge in [-0.3, -0.25) is 4.72 Å². The molecule has 0 radical (unpaired) electrons. The van der Waals surface area contributed by atoms with Crippen LogP contribution in [-0.2, 0) is 16.4 Å². The van der Waals surface area contributed by atoms with Gasteiger partial charge in [0.25, 0.3) is 0 Å². The number of hydrogen-bond acceptors (Lipinski definition) is 4. The van der Waals surface area contributed by atoms with Gasteiger partial charge in [0.15, 0.2) is 0 Å². The molecule has 104 valence electrons. The van der Waals surface area contributed by atoms with Gasteiger partial charge < -0.3 is 0 Å². The van der Waals surface area contributed by atoms with Gasteiger partial charge in [0.05, 0.1) is 0 Å². The van der Waals surface area contributed by atoms with Crippen molar-refractivity contribution in [1.82, 2.24) is 9.97 Å². The number of benzene rings is 1. The molecule has 0 aliphatic heterocycles. The van der Waals surface area contributed by atoms with E-state index in [4.69, 9.17) is 0 Å². The van der Waals surface area contributed by atoms with Gasteiger partial charge >= 0.3 is 0 Å². The predicted molar refractivity (Wildman–Crippen MR) is 76.7 cm³/mol. The number of hydrogen-bond donors (Lipinski definition) is 1. The smallest absolute Gasteiger partial charge is 0.242 e. The van der Waals surface area contributed by atoms with Gasteiger partial charge in [-0.25, -0.2) is 18.4 Å². The molecule has 0 amide bonds. The zero-order chi connectivity index (χ0) is 14.0. The van der Waals surface area contributed by atoms with Crippen LogP contribution in [0.4, 0.5) is 5.95 Å². The Morgan fingerprint density at radius 2 is 1.85 bits per heavy atom. The highest BCUT2D eigenvalue weighted by Gasteiger charge is 2.31. The minimum Gasteiger partial charge on any atom is -0.251 e. The number of aryl methyl sites for hydroxylation is 1. The van der Waals surface area contributed by atoms with Crippen LogP contribution in [0.3, 0.4) is 0 Å². The molecule has 2 aromatic rings. The normalized spacial score (nSPS) is 18.3. The fourth-order valence-electron chi connectivity index (χ4n) is 2.58. The number of aromatic nitrogens is 2. The first-order chi connectivity index (χ1) is 9.67. The van der Waals surface area contributed by atoms with Crippen molar-refractivity contribution in [3.05, 3.63) is 53.9 Å². The summed E-state index contributed by atoms with van der Waals surface area (Å²) in [4.78, 5) is 7.83. The molecule has 1 aliphatic carbocycles. The van der Waals surface area contributed by atoms with E-state index in [9.17, 15) is 8.42 Å². The molecular weight excluding hydrogens is 274 g/mol. The molecule has 20 heavy (non-hydrogen) atoms. The Labute approximate surface area is 118 Å². The molecule has 0 bridgehead atoms. The molecule has 0 spiro atoms. The zero-order valence-electron chi connectivity index (χ0n) is 10.9. The number of nitrogens with zero attached hydrogens (tertiary/aromatic N) is 2. The van der Waals surface area contributed by atoms with Crippen molar-refractivity contribution in [2.45, 2.75) is 24.5 Å². The summed E-state index contributed by atoms with van der Waals surface area (Å²) in [5.74, 6) is 0.121. The van der Waals surface area contributed by atoms with Crippen LogP contribution in [0.25, 0.3) is 0 Å². The van der Waals surface area contributed by atoms with Crippen molar-refractivity contribution in [2.24, 2.45) is 0 Å². The van der Waals surface area contributed by atoms with E-state index >= 15 is 0 Å². The summed E-state index contributed by atoms with van der Waals surface area (Å²) in [7, 11) is -3.52. The fraction of sp³-hybridized carbons (Fsp3) is 0.286. The van der Waals surface area contributed by atoms with E-state index in [0.717, 1.165) is 24.0 Å². The van der Waals surface area contributed by atoms with Crippen molar-refractivity contribution in [2.75, 3.05) is 4.72 Å². The summed E-state index contributed by atoms with van der Waals surface area (Å²) in [5, 5.41) is -0.531. The maximum Gasteiger partial charge on any atom is 0.242 e. The Morgan fingerprint density at radius 3 is 2.65 bits per heavy atom.